The summed E-state index contributed by atoms with van der Waals surface area (Å²) in [5.74, 6) is 0.780. The Morgan fingerprint density at radius 2 is 1.90 bits per heavy atom. The Hall–Kier alpha value is -2.61. The Morgan fingerprint density at radius 3 is 2.59 bits per heavy atom. The third-order valence-electron chi connectivity index (χ3n) is 4.26. The number of methoxy groups -OCH3 is 1. The van der Waals surface area contributed by atoms with Gasteiger partial charge in [-0.25, -0.2) is 4.98 Å². The maximum atomic E-state index is 13.2. The molecule has 2 heterocycles. The molecule has 0 N–H and O–H groups in total. The van der Waals surface area contributed by atoms with Gasteiger partial charge in [0.1, 0.15) is 5.75 Å². The molecule has 29 heavy (non-hydrogen) atoms. The van der Waals surface area contributed by atoms with Crippen molar-refractivity contribution in [1.82, 2.24) is 9.55 Å². The molecule has 0 radical (unpaired) electrons. The van der Waals surface area contributed by atoms with Gasteiger partial charge in [-0.05, 0) is 48.5 Å². The molecule has 8 heteroatoms. The van der Waals surface area contributed by atoms with Crippen LogP contribution in [0.25, 0.3) is 16.6 Å². The highest BCUT2D eigenvalue weighted by molar-refractivity contribution is 7.99. The third-order valence-corrected chi connectivity index (χ3v) is 6.47. The molecule has 2 aromatic carbocycles. The maximum Gasteiger partial charge on any atom is 0.266 e. The lowest BCUT2D eigenvalue weighted by Crippen LogP contribution is -2.22. The number of thioether (sulfide) groups is 1. The molecule has 0 spiro atoms. The summed E-state index contributed by atoms with van der Waals surface area (Å²) in [4.78, 5) is 30.9. The maximum absolute atomic E-state index is 13.2. The van der Waals surface area contributed by atoms with Crippen molar-refractivity contribution in [2.24, 2.45) is 0 Å². The number of carbonyl (C=O) groups excluding carboxylic acids is 1. The van der Waals surface area contributed by atoms with Crippen LogP contribution in [-0.2, 0) is 0 Å². The summed E-state index contributed by atoms with van der Waals surface area (Å²) in [6.07, 6.45) is 0. The van der Waals surface area contributed by atoms with E-state index in [0.29, 0.717) is 36.7 Å². The van der Waals surface area contributed by atoms with E-state index in [1.54, 1.807) is 61.7 Å². The molecule has 146 valence electrons. The van der Waals surface area contributed by atoms with Gasteiger partial charge in [0.05, 0.1) is 38.7 Å². The smallest absolute Gasteiger partial charge is 0.266 e. The van der Waals surface area contributed by atoms with Crippen LogP contribution in [0.1, 0.15) is 9.67 Å². The molecule has 0 aliphatic rings. The number of fused-ring (bicyclic) bond motifs is 1. The number of aromatic nitrogens is 2. The van der Waals surface area contributed by atoms with Gasteiger partial charge in [0.15, 0.2) is 10.9 Å². The number of hydrogen-bond donors (Lipinski definition) is 0. The molecule has 0 bridgehead atoms. The number of ketones is 1. The predicted octanol–water partition coefficient (Wildman–Crippen LogP) is 5.08. The summed E-state index contributed by atoms with van der Waals surface area (Å²) in [7, 11) is 1.59. The average molecular weight is 443 g/mol. The minimum atomic E-state index is -0.185. The summed E-state index contributed by atoms with van der Waals surface area (Å²) >= 11 is 8.40. The first-order valence-corrected chi connectivity index (χ1v) is 10.8. The molecule has 0 aliphatic carbocycles. The van der Waals surface area contributed by atoms with Crippen molar-refractivity contribution in [1.29, 1.82) is 0 Å². The van der Waals surface area contributed by atoms with E-state index in [9.17, 15) is 9.59 Å². The molecule has 0 fully saturated rings. The molecule has 5 nitrogen and oxygen atoms in total. The summed E-state index contributed by atoms with van der Waals surface area (Å²) in [6, 6.07) is 17.7. The van der Waals surface area contributed by atoms with Gasteiger partial charge in [-0.15, -0.1) is 11.3 Å². The van der Waals surface area contributed by atoms with Crippen LogP contribution in [0.4, 0.5) is 0 Å². The van der Waals surface area contributed by atoms with E-state index < -0.39 is 0 Å². The highest BCUT2D eigenvalue weighted by Crippen LogP contribution is 2.26. The van der Waals surface area contributed by atoms with Crippen molar-refractivity contribution in [3.63, 3.8) is 0 Å². The van der Waals surface area contributed by atoms with Crippen LogP contribution in [0, 0.1) is 0 Å². The number of benzene rings is 2. The summed E-state index contributed by atoms with van der Waals surface area (Å²) < 4.78 is 7.30. The van der Waals surface area contributed by atoms with Crippen LogP contribution in [0.15, 0.2) is 70.6 Å². The van der Waals surface area contributed by atoms with E-state index in [2.05, 4.69) is 4.98 Å². The van der Waals surface area contributed by atoms with E-state index in [4.69, 9.17) is 16.3 Å². The van der Waals surface area contributed by atoms with Crippen molar-refractivity contribution >= 4 is 51.4 Å². The third kappa shape index (κ3) is 4.07. The first-order chi connectivity index (χ1) is 14.1. The summed E-state index contributed by atoms with van der Waals surface area (Å²) in [5, 5.41) is 0.971. The second-order valence-corrected chi connectivity index (χ2v) is 8.72. The molecule has 0 amide bonds. The molecule has 2 aromatic heterocycles. The zero-order valence-corrected chi connectivity index (χ0v) is 17.7. The number of thiophene rings is 1. The van der Waals surface area contributed by atoms with Gasteiger partial charge in [-0.3, -0.25) is 14.2 Å². The van der Waals surface area contributed by atoms with Crippen LogP contribution < -0.4 is 10.3 Å². The largest absolute Gasteiger partial charge is 0.497 e. The first kappa shape index (κ1) is 19.7. The SMILES string of the molecule is COc1ccc(-n2c(SCC(=O)c3ccc(Cl)s3)nc3ccccc3c2=O)cc1. The van der Waals surface area contributed by atoms with Gasteiger partial charge in [-0.1, -0.05) is 35.5 Å². The first-order valence-electron chi connectivity index (χ1n) is 8.64. The normalized spacial score (nSPS) is 11.0. The topological polar surface area (TPSA) is 61.2 Å². The lowest BCUT2D eigenvalue weighted by atomic mass is 10.2. The Morgan fingerprint density at radius 1 is 1.14 bits per heavy atom. The molecule has 0 saturated heterocycles. The van der Waals surface area contributed by atoms with E-state index in [-0.39, 0.29) is 17.1 Å². The number of rotatable bonds is 6. The lowest BCUT2D eigenvalue weighted by molar-refractivity contribution is 0.102. The van der Waals surface area contributed by atoms with Gasteiger partial charge in [0, 0.05) is 0 Å². The highest BCUT2D eigenvalue weighted by atomic mass is 35.5. The van der Waals surface area contributed by atoms with E-state index >= 15 is 0 Å². The van der Waals surface area contributed by atoms with Crippen LogP contribution in [0.2, 0.25) is 4.34 Å². The second kappa shape index (κ2) is 8.41. The zero-order chi connectivity index (χ0) is 20.4. The number of halogens is 1. The molecular formula is C21H15ClN2O3S2. The quantitative estimate of drug-likeness (QED) is 0.236. The van der Waals surface area contributed by atoms with Gasteiger partial charge in [0.2, 0.25) is 0 Å². The van der Waals surface area contributed by atoms with Crippen LogP contribution in [0.5, 0.6) is 5.75 Å². The number of para-hydroxylation sites is 1. The van der Waals surface area contributed by atoms with Gasteiger partial charge < -0.3 is 4.74 Å². The Bertz CT molecular complexity index is 1250. The number of carbonyl (C=O) groups is 1. The minimum Gasteiger partial charge on any atom is -0.497 e. The van der Waals surface area contributed by atoms with Crippen molar-refractivity contribution in [3.05, 3.63) is 80.2 Å². The van der Waals surface area contributed by atoms with Crippen molar-refractivity contribution < 1.29 is 9.53 Å². The van der Waals surface area contributed by atoms with E-state index in [1.165, 1.54) is 27.7 Å². The average Bonchev–Trinajstić information content (AvgIpc) is 3.19. The summed E-state index contributed by atoms with van der Waals surface area (Å²) in [5.41, 5.74) is 1.06. The van der Waals surface area contributed by atoms with Crippen LogP contribution in [-0.4, -0.2) is 28.2 Å². The standard InChI is InChI=1S/C21H15ClN2O3S2/c1-27-14-8-6-13(7-9-14)24-20(26)15-4-2-3-5-16(15)23-21(24)28-12-17(25)18-10-11-19(22)29-18/h2-11H,12H2,1H3. The molecule has 0 atom stereocenters. The van der Waals surface area contributed by atoms with Crippen molar-refractivity contribution in [3.8, 4) is 11.4 Å². The minimum absolute atomic E-state index is 0.0596. The monoisotopic (exact) mass is 442 g/mol. The van der Waals surface area contributed by atoms with E-state index in [0.717, 1.165) is 0 Å². The van der Waals surface area contributed by atoms with Gasteiger partial charge in [0.25, 0.3) is 5.56 Å². The molecule has 0 unspecified atom stereocenters. The van der Waals surface area contributed by atoms with E-state index in [1.807, 2.05) is 6.07 Å². The fourth-order valence-electron chi connectivity index (χ4n) is 2.83. The molecule has 0 aliphatic heterocycles. The Balaban J connectivity index is 1.76. The zero-order valence-electron chi connectivity index (χ0n) is 15.3. The predicted molar refractivity (Wildman–Crippen MR) is 118 cm³/mol. The fourth-order valence-corrected chi connectivity index (χ4v) is 4.80. The van der Waals surface area contributed by atoms with Gasteiger partial charge >= 0.3 is 0 Å². The molecular weight excluding hydrogens is 428 g/mol. The molecule has 4 rings (SSSR count). The number of nitrogens with zero attached hydrogens (tertiary/aromatic N) is 2. The second-order valence-electron chi connectivity index (χ2n) is 6.07. The molecule has 4 aromatic rings. The number of ether oxygens (including phenoxy) is 1. The Labute approximate surface area is 179 Å². The fraction of sp³-hybridized carbons (Fsp3) is 0.0952. The lowest BCUT2D eigenvalue weighted by Gasteiger charge is -2.13. The summed E-state index contributed by atoms with van der Waals surface area (Å²) in [6.45, 7) is 0. The molecule has 0 saturated carbocycles. The van der Waals surface area contributed by atoms with Crippen LogP contribution >= 0.6 is 34.7 Å². The Kier molecular flexibility index (Phi) is 5.71. The highest BCUT2D eigenvalue weighted by Gasteiger charge is 2.16. The van der Waals surface area contributed by atoms with Crippen LogP contribution in [0.3, 0.4) is 0 Å². The van der Waals surface area contributed by atoms with Crippen molar-refractivity contribution in [2.75, 3.05) is 12.9 Å². The number of Topliss-reactive ketones (excluding diaryl/α,β-unsaturated/α-hetero) is 1. The van der Waals surface area contributed by atoms with Crippen molar-refractivity contribution in [2.45, 2.75) is 5.16 Å². The van der Waals surface area contributed by atoms with Gasteiger partial charge in [-0.2, -0.15) is 0 Å². The number of hydrogen-bond acceptors (Lipinski definition) is 6.